The maximum atomic E-state index is 5.90. The molecule has 0 aliphatic rings. The van der Waals surface area contributed by atoms with Crippen LogP contribution < -0.4 is 14.9 Å². The number of nitrogens with zero attached hydrogens (tertiary/aromatic N) is 2. The van der Waals surface area contributed by atoms with Crippen molar-refractivity contribution in [3.8, 4) is 11.5 Å². The molecule has 6 heteroatoms. The van der Waals surface area contributed by atoms with Gasteiger partial charge in [-0.1, -0.05) is 29.8 Å². The first kappa shape index (κ1) is 17.8. The average molecular weight is 368 g/mol. The first-order valence-electron chi connectivity index (χ1n) is 8.00. The molecule has 0 spiro atoms. The summed E-state index contributed by atoms with van der Waals surface area (Å²) in [7, 11) is 1.61. The van der Waals surface area contributed by atoms with Gasteiger partial charge in [-0.3, -0.25) is 5.43 Å². The molecule has 0 atom stereocenters. The summed E-state index contributed by atoms with van der Waals surface area (Å²) in [4.78, 5) is 4.15. The monoisotopic (exact) mass is 367 g/mol. The number of hydrogen-bond donors (Lipinski definition) is 1. The van der Waals surface area contributed by atoms with Gasteiger partial charge in [0.1, 0.15) is 12.4 Å². The number of anilines is 1. The van der Waals surface area contributed by atoms with Gasteiger partial charge in [0.25, 0.3) is 0 Å². The highest BCUT2D eigenvalue weighted by Gasteiger charge is 2.06. The van der Waals surface area contributed by atoms with E-state index in [0.717, 1.165) is 11.1 Å². The first-order chi connectivity index (χ1) is 12.7. The number of pyridine rings is 1. The quantitative estimate of drug-likeness (QED) is 0.483. The number of methoxy groups -OCH3 is 1. The van der Waals surface area contributed by atoms with Crippen molar-refractivity contribution in [1.82, 2.24) is 4.98 Å². The second-order valence-electron chi connectivity index (χ2n) is 5.41. The molecule has 3 rings (SSSR count). The van der Waals surface area contributed by atoms with Crippen LogP contribution in [0.15, 0.2) is 72.0 Å². The van der Waals surface area contributed by atoms with Gasteiger partial charge in [0.15, 0.2) is 11.5 Å². The molecule has 1 N–H and O–H groups in total. The lowest BCUT2D eigenvalue weighted by Crippen LogP contribution is -1.99. The molecule has 0 saturated heterocycles. The van der Waals surface area contributed by atoms with Crippen molar-refractivity contribution in [1.29, 1.82) is 0 Å². The van der Waals surface area contributed by atoms with E-state index >= 15 is 0 Å². The molecule has 5 nitrogen and oxygen atoms in total. The zero-order valence-corrected chi connectivity index (χ0v) is 15.0. The fourth-order valence-corrected chi connectivity index (χ4v) is 2.36. The van der Waals surface area contributed by atoms with Crippen LogP contribution in [-0.4, -0.2) is 18.3 Å². The van der Waals surface area contributed by atoms with Crippen molar-refractivity contribution in [3.63, 3.8) is 0 Å². The van der Waals surface area contributed by atoms with Crippen LogP contribution in [0.25, 0.3) is 0 Å². The van der Waals surface area contributed by atoms with Crippen LogP contribution in [0.4, 0.5) is 5.82 Å². The van der Waals surface area contributed by atoms with Crippen LogP contribution in [0.2, 0.25) is 5.02 Å². The molecular formula is C20H18ClN3O2. The standard InChI is InChI=1S/C20H18ClN3O2/c1-25-18-10-7-16(13-23-24-20-4-2-3-11-22-20)12-19(18)26-14-15-5-8-17(21)9-6-15/h2-13H,14H2,1H3,(H,22,24). The fourth-order valence-electron chi connectivity index (χ4n) is 2.23. The molecule has 0 fully saturated rings. The number of aromatic nitrogens is 1. The first-order valence-corrected chi connectivity index (χ1v) is 8.38. The Bertz CT molecular complexity index is 868. The Balaban J connectivity index is 1.68. The van der Waals surface area contributed by atoms with Crippen molar-refractivity contribution in [2.75, 3.05) is 12.5 Å². The lowest BCUT2D eigenvalue weighted by Gasteiger charge is -2.11. The highest BCUT2D eigenvalue weighted by Crippen LogP contribution is 2.28. The summed E-state index contributed by atoms with van der Waals surface area (Å²) in [6.07, 6.45) is 3.40. The Labute approximate surface area is 157 Å². The van der Waals surface area contributed by atoms with Gasteiger partial charge in [0.05, 0.1) is 13.3 Å². The van der Waals surface area contributed by atoms with Gasteiger partial charge in [-0.05, 0) is 53.6 Å². The highest BCUT2D eigenvalue weighted by atomic mass is 35.5. The van der Waals surface area contributed by atoms with Crippen molar-refractivity contribution in [3.05, 3.63) is 83.0 Å². The van der Waals surface area contributed by atoms with Gasteiger partial charge < -0.3 is 9.47 Å². The maximum Gasteiger partial charge on any atom is 0.162 e. The number of nitrogens with one attached hydrogen (secondary N) is 1. The van der Waals surface area contributed by atoms with Crippen molar-refractivity contribution in [2.24, 2.45) is 5.10 Å². The minimum Gasteiger partial charge on any atom is -0.493 e. The molecule has 0 bridgehead atoms. The summed E-state index contributed by atoms with van der Waals surface area (Å²) in [5.41, 5.74) is 4.77. The highest BCUT2D eigenvalue weighted by molar-refractivity contribution is 6.30. The lowest BCUT2D eigenvalue weighted by molar-refractivity contribution is 0.284. The second-order valence-corrected chi connectivity index (χ2v) is 5.85. The van der Waals surface area contributed by atoms with Crippen molar-refractivity contribution < 1.29 is 9.47 Å². The van der Waals surface area contributed by atoms with Gasteiger partial charge in [0, 0.05) is 11.2 Å². The van der Waals surface area contributed by atoms with E-state index in [1.165, 1.54) is 0 Å². The van der Waals surface area contributed by atoms with Crippen LogP contribution in [0.5, 0.6) is 11.5 Å². The maximum absolute atomic E-state index is 5.90. The summed E-state index contributed by atoms with van der Waals surface area (Å²) in [6, 6.07) is 18.7. The second kappa shape index (κ2) is 8.87. The Kier molecular flexibility index (Phi) is 6.06. The van der Waals surface area contributed by atoms with Crippen LogP contribution in [0, 0.1) is 0 Å². The summed E-state index contributed by atoms with van der Waals surface area (Å²) in [6.45, 7) is 0.417. The Hall–Kier alpha value is -3.05. The van der Waals surface area contributed by atoms with Gasteiger partial charge in [-0.15, -0.1) is 0 Å². The smallest absolute Gasteiger partial charge is 0.162 e. The lowest BCUT2D eigenvalue weighted by atomic mass is 10.2. The summed E-state index contributed by atoms with van der Waals surface area (Å²) < 4.78 is 11.3. The molecule has 2 aromatic carbocycles. The Morgan fingerprint density at radius 3 is 2.65 bits per heavy atom. The molecule has 26 heavy (non-hydrogen) atoms. The number of benzene rings is 2. The van der Waals surface area contributed by atoms with Crippen molar-refractivity contribution in [2.45, 2.75) is 6.61 Å². The third kappa shape index (κ3) is 4.97. The number of hydrogen-bond acceptors (Lipinski definition) is 5. The predicted molar refractivity (Wildman–Crippen MR) is 104 cm³/mol. The summed E-state index contributed by atoms with van der Waals surface area (Å²) >= 11 is 5.90. The number of rotatable bonds is 7. The van der Waals surface area contributed by atoms with Gasteiger partial charge in [0.2, 0.25) is 0 Å². The van der Waals surface area contributed by atoms with Gasteiger partial charge >= 0.3 is 0 Å². The molecular weight excluding hydrogens is 350 g/mol. The molecule has 1 heterocycles. The topological polar surface area (TPSA) is 55.7 Å². The zero-order chi connectivity index (χ0) is 18.2. The minimum absolute atomic E-state index is 0.417. The largest absolute Gasteiger partial charge is 0.493 e. The third-order valence-electron chi connectivity index (χ3n) is 3.55. The van der Waals surface area contributed by atoms with Crippen molar-refractivity contribution >= 4 is 23.6 Å². The summed E-state index contributed by atoms with van der Waals surface area (Å²) in [5.74, 6) is 1.98. The zero-order valence-electron chi connectivity index (χ0n) is 14.2. The molecule has 0 aliphatic carbocycles. The van der Waals surface area contributed by atoms with Crippen LogP contribution in [0.3, 0.4) is 0 Å². The number of hydrazone groups is 1. The molecule has 0 amide bonds. The summed E-state index contributed by atoms with van der Waals surface area (Å²) in [5, 5.41) is 4.89. The molecule has 0 unspecified atom stereocenters. The average Bonchev–Trinajstić information content (AvgIpc) is 2.68. The molecule has 3 aromatic rings. The van der Waals surface area contributed by atoms with Gasteiger partial charge in [-0.25, -0.2) is 4.98 Å². The van der Waals surface area contributed by atoms with Crippen LogP contribution >= 0.6 is 11.6 Å². The van der Waals surface area contributed by atoms with Crippen LogP contribution in [0.1, 0.15) is 11.1 Å². The van der Waals surface area contributed by atoms with E-state index in [0.29, 0.717) is 28.9 Å². The number of halogens is 1. The Morgan fingerprint density at radius 2 is 1.92 bits per heavy atom. The van der Waals surface area contributed by atoms with E-state index in [2.05, 4.69) is 15.5 Å². The molecule has 0 radical (unpaired) electrons. The number of ether oxygens (including phenoxy) is 2. The fraction of sp³-hybridized carbons (Fsp3) is 0.100. The molecule has 132 valence electrons. The SMILES string of the molecule is COc1ccc(C=NNc2ccccn2)cc1OCc1ccc(Cl)cc1. The van der Waals surface area contributed by atoms with Gasteiger partial charge in [-0.2, -0.15) is 5.10 Å². The van der Waals surface area contributed by atoms with Crippen LogP contribution in [-0.2, 0) is 6.61 Å². The molecule has 0 saturated carbocycles. The minimum atomic E-state index is 0.417. The van der Waals surface area contributed by atoms with E-state index in [9.17, 15) is 0 Å². The van der Waals surface area contributed by atoms with E-state index in [4.69, 9.17) is 21.1 Å². The van der Waals surface area contributed by atoms with E-state index < -0.39 is 0 Å². The van der Waals surface area contributed by atoms with E-state index in [1.54, 1.807) is 19.5 Å². The molecule has 1 aromatic heterocycles. The van der Waals surface area contributed by atoms with E-state index in [-0.39, 0.29) is 0 Å². The van der Waals surface area contributed by atoms with E-state index in [1.807, 2.05) is 60.7 Å². The Morgan fingerprint density at radius 1 is 1.08 bits per heavy atom. The molecule has 0 aliphatic heterocycles. The predicted octanol–water partition coefficient (Wildman–Crippen LogP) is 4.77. The normalized spacial score (nSPS) is 10.7. The third-order valence-corrected chi connectivity index (χ3v) is 3.80.